The van der Waals surface area contributed by atoms with E-state index in [9.17, 15) is 9.59 Å². The molecule has 0 amide bonds. The summed E-state index contributed by atoms with van der Waals surface area (Å²) >= 11 is 0. The zero-order chi connectivity index (χ0) is 22.8. The molecule has 0 unspecified atom stereocenters. The van der Waals surface area contributed by atoms with Crippen molar-refractivity contribution >= 4 is 23.7 Å². The van der Waals surface area contributed by atoms with Crippen molar-refractivity contribution < 1.29 is 9.59 Å². The summed E-state index contributed by atoms with van der Waals surface area (Å²) in [6.07, 6.45) is 8.06. The van der Waals surface area contributed by atoms with Crippen molar-refractivity contribution in [2.45, 2.75) is 47.5 Å². The van der Waals surface area contributed by atoms with E-state index in [0.717, 1.165) is 17.7 Å². The van der Waals surface area contributed by atoms with Gasteiger partial charge in [0.25, 0.3) is 0 Å². The third-order valence-corrected chi connectivity index (χ3v) is 5.54. The number of benzene rings is 2. The molecular weight excluding hydrogens is 382 g/mol. The molecule has 0 heterocycles. The molecule has 3 nitrogen and oxygen atoms in total. The monoisotopic (exact) mass is 417 g/mol. The van der Waals surface area contributed by atoms with Crippen LogP contribution in [0.4, 0.5) is 0 Å². The highest BCUT2D eigenvalue weighted by Crippen LogP contribution is 2.13. The minimum absolute atomic E-state index is 0.111. The summed E-state index contributed by atoms with van der Waals surface area (Å²) in [4.78, 5) is 26.7. The molecule has 0 aliphatic rings. The average molecular weight is 418 g/mol. The molecule has 2 aromatic carbocycles. The highest BCUT2D eigenvalue weighted by Gasteiger charge is 2.07. The predicted molar refractivity (Wildman–Crippen MR) is 131 cm³/mol. The molecule has 0 radical (unpaired) electrons. The smallest absolute Gasteiger partial charge is 0.156 e. The van der Waals surface area contributed by atoms with E-state index in [1.807, 2.05) is 24.3 Å². The summed E-state index contributed by atoms with van der Waals surface area (Å²) in [6, 6.07) is 12.4. The fourth-order valence-electron chi connectivity index (χ4n) is 3.52. The number of allylic oxidation sites excluding steroid dienone is 2. The standard InChI is InChI=1S/C28H35NO2/c1-6-29(17-15-27(30)13-11-25-9-7-21(2)19-23(25)4)18-16-28(31)14-12-26-10-8-22(3)20-24(26)5/h7-14,19-20H,6,15-18H2,1-5H3. The summed E-state index contributed by atoms with van der Waals surface area (Å²) < 4.78 is 0. The fourth-order valence-corrected chi connectivity index (χ4v) is 3.52. The van der Waals surface area contributed by atoms with Gasteiger partial charge in [0.1, 0.15) is 0 Å². The summed E-state index contributed by atoms with van der Waals surface area (Å²) in [5.74, 6) is 0.221. The third-order valence-electron chi connectivity index (χ3n) is 5.54. The first-order valence-corrected chi connectivity index (χ1v) is 11.1. The van der Waals surface area contributed by atoms with E-state index in [-0.39, 0.29) is 11.6 Å². The number of ketones is 2. The van der Waals surface area contributed by atoms with Crippen molar-refractivity contribution in [2.75, 3.05) is 19.6 Å². The molecule has 31 heavy (non-hydrogen) atoms. The largest absolute Gasteiger partial charge is 0.303 e. The van der Waals surface area contributed by atoms with Crippen LogP contribution in [0.1, 0.15) is 53.1 Å². The summed E-state index contributed by atoms with van der Waals surface area (Å²) in [5.41, 5.74) is 6.94. The van der Waals surface area contributed by atoms with Gasteiger partial charge in [0.05, 0.1) is 0 Å². The Labute approximate surface area is 187 Å². The van der Waals surface area contributed by atoms with E-state index in [0.29, 0.717) is 25.9 Å². The van der Waals surface area contributed by atoms with Crippen LogP contribution in [-0.4, -0.2) is 36.1 Å². The van der Waals surface area contributed by atoms with Gasteiger partial charge in [-0.3, -0.25) is 9.59 Å². The lowest BCUT2D eigenvalue weighted by molar-refractivity contribution is -0.114. The van der Waals surface area contributed by atoms with Gasteiger partial charge >= 0.3 is 0 Å². The molecule has 0 aliphatic carbocycles. The van der Waals surface area contributed by atoms with Gasteiger partial charge in [-0.1, -0.05) is 66.6 Å². The van der Waals surface area contributed by atoms with Gasteiger partial charge in [-0.2, -0.15) is 0 Å². The van der Waals surface area contributed by atoms with Crippen LogP contribution >= 0.6 is 0 Å². The number of carbonyl (C=O) groups excluding carboxylic acids is 2. The first-order chi connectivity index (χ1) is 14.8. The van der Waals surface area contributed by atoms with Crippen LogP contribution in [0.2, 0.25) is 0 Å². The van der Waals surface area contributed by atoms with Gasteiger partial charge in [-0.25, -0.2) is 0 Å². The molecule has 0 saturated carbocycles. The lowest BCUT2D eigenvalue weighted by Gasteiger charge is -2.18. The minimum atomic E-state index is 0.111. The molecule has 164 valence electrons. The van der Waals surface area contributed by atoms with Gasteiger partial charge in [0.2, 0.25) is 0 Å². The number of rotatable bonds is 11. The second-order valence-corrected chi connectivity index (χ2v) is 8.25. The zero-order valence-corrected chi connectivity index (χ0v) is 19.6. The van der Waals surface area contributed by atoms with Crippen LogP contribution in [0.3, 0.4) is 0 Å². The SMILES string of the molecule is CCN(CCC(=O)C=Cc1ccc(C)cc1C)CCC(=O)C=Cc1ccc(C)cc1C. The summed E-state index contributed by atoms with van der Waals surface area (Å²) in [6.45, 7) is 12.5. The molecule has 0 N–H and O–H groups in total. The number of hydrogen-bond donors (Lipinski definition) is 0. The van der Waals surface area contributed by atoms with Crippen molar-refractivity contribution in [2.24, 2.45) is 0 Å². The van der Waals surface area contributed by atoms with E-state index in [1.54, 1.807) is 12.2 Å². The third kappa shape index (κ3) is 8.47. The Bertz CT molecular complexity index is 891. The molecular formula is C28H35NO2. The van der Waals surface area contributed by atoms with Crippen LogP contribution in [0.25, 0.3) is 12.2 Å². The first-order valence-electron chi connectivity index (χ1n) is 11.1. The van der Waals surface area contributed by atoms with Crippen molar-refractivity contribution in [1.82, 2.24) is 4.90 Å². The molecule has 2 aromatic rings. The van der Waals surface area contributed by atoms with Gasteiger partial charge in [-0.15, -0.1) is 0 Å². The maximum Gasteiger partial charge on any atom is 0.156 e. The zero-order valence-electron chi connectivity index (χ0n) is 19.6. The lowest BCUT2D eigenvalue weighted by atomic mass is 10.0. The molecule has 0 saturated heterocycles. The number of hydrogen-bond acceptors (Lipinski definition) is 3. The second-order valence-electron chi connectivity index (χ2n) is 8.25. The number of aryl methyl sites for hydroxylation is 4. The number of carbonyl (C=O) groups is 2. The Kier molecular flexibility index (Phi) is 9.61. The Morgan fingerprint density at radius 1 is 0.742 bits per heavy atom. The predicted octanol–water partition coefficient (Wildman–Crippen LogP) is 5.89. The normalized spacial score (nSPS) is 11.7. The first kappa shape index (κ1) is 24.5. The van der Waals surface area contributed by atoms with E-state index < -0.39 is 0 Å². The van der Waals surface area contributed by atoms with Crippen LogP contribution in [0.15, 0.2) is 48.6 Å². The Hall–Kier alpha value is -2.78. The van der Waals surface area contributed by atoms with E-state index in [1.165, 1.54) is 22.3 Å². The molecule has 0 fully saturated rings. The molecule has 2 rings (SSSR count). The van der Waals surface area contributed by atoms with E-state index >= 15 is 0 Å². The van der Waals surface area contributed by atoms with E-state index in [4.69, 9.17) is 0 Å². The Balaban J connectivity index is 1.79. The maximum absolute atomic E-state index is 12.3. The fraction of sp³-hybridized carbons (Fsp3) is 0.357. The van der Waals surface area contributed by atoms with Crippen LogP contribution in [0.5, 0.6) is 0 Å². The lowest BCUT2D eigenvalue weighted by Crippen LogP contribution is -2.28. The molecule has 0 spiro atoms. The minimum Gasteiger partial charge on any atom is -0.303 e. The Morgan fingerprint density at radius 3 is 1.52 bits per heavy atom. The van der Waals surface area contributed by atoms with Gasteiger partial charge < -0.3 is 4.90 Å². The summed E-state index contributed by atoms with van der Waals surface area (Å²) in [5, 5.41) is 0. The topological polar surface area (TPSA) is 37.4 Å². The van der Waals surface area contributed by atoms with Crippen molar-refractivity contribution in [3.8, 4) is 0 Å². The van der Waals surface area contributed by atoms with Crippen LogP contribution in [0, 0.1) is 27.7 Å². The highest BCUT2D eigenvalue weighted by atomic mass is 16.1. The highest BCUT2D eigenvalue weighted by molar-refractivity contribution is 5.94. The maximum atomic E-state index is 12.3. The molecule has 0 atom stereocenters. The van der Waals surface area contributed by atoms with Gasteiger partial charge in [-0.05, 0) is 68.6 Å². The second kappa shape index (κ2) is 12.2. The van der Waals surface area contributed by atoms with E-state index in [2.05, 4.69) is 63.8 Å². The van der Waals surface area contributed by atoms with Crippen molar-refractivity contribution in [3.63, 3.8) is 0 Å². The molecule has 0 bridgehead atoms. The molecule has 3 heteroatoms. The van der Waals surface area contributed by atoms with Crippen LogP contribution in [-0.2, 0) is 9.59 Å². The molecule has 0 aliphatic heterocycles. The average Bonchev–Trinajstić information content (AvgIpc) is 2.72. The Morgan fingerprint density at radius 2 is 1.16 bits per heavy atom. The van der Waals surface area contributed by atoms with Gasteiger partial charge in [0, 0.05) is 25.9 Å². The van der Waals surface area contributed by atoms with Gasteiger partial charge in [0.15, 0.2) is 11.6 Å². The van der Waals surface area contributed by atoms with Crippen molar-refractivity contribution in [3.05, 3.63) is 81.9 Å². The quantitative estimate of drug-likeness (QED) is 0.428. The van der Waals surface area contributed by atoms with Crippen LogP contribution < -0.4 is 0 Å². The van der Waals surface area contributed by atoms with Crippen molar-refractivity contribution in [1.29, 1.82) is 0 Å². The molecule has 0 aromatic heterocycles. The number of nitrogens with zero attached hydrogens (tertiary/aromatic N) is 1. The summed E-state index contributed by atoms with van der Waals surface area (Å²) in [7, 11) is 0.